The second-order valence-corrected chi connectivity index (χ2v) is 7.68. The van der Waals surface area contributed by atoms with E-state index in [4.69, 9.17) is 5.11 Å². The van der Waals surface area contributed by atoms with E-state index in [1.165, 1.54) is 4.31 Å². The van der Waals surface area contributed by atoms with Crippen LogP contribution in [0.2, 0.25) is 0 Å². The molecule has 1 aromatic carbocycles. The van der Waals surface area contributed by atoms with Crippen molar-refractivity contribution in [1.82, 2.24) is 4.31 Å². The lowest BCUT2D eigenvalue weighted by Gasteiger charge is -2.29. The van der Waals surface area contributed by atoms with Gasteiger partial charge in [0, 0.05) is 13.1 Å². The zero-order chi connectivity index (χ0) is 15.6. The van der Waals surface area contributed by atoms with E-state index >= 15 is 0 Å². The number of hydrogen-bond acceptors (Lipinski definition) is 3. The summed E-state index contributed by atoms with van der Waals surface area (Å²) >= 11 is 0. The van der Waals surface area contributed by atoms with Crippen LogP contribution in [-0.4, -0.2) is 36.9 Å². The van der Waals surface area contributed by atoms with Crippen LogP contribution in [0.1, 0.15) is 29.5 Å². The number of carboxylic acid groups (broad SMARTS) is 1. The van der Waals surface area contributed by atoms with Gasteiger partial charge in [0.05, 0.1) is 11.7 Å². The summed E-state index contributed by atoms with van der Waals surface area (Å²) < 4.78 is 26.2. The van der Waals surface area contributed by atoms with Crippen molar-refractivity contribution in [3.8, 4) is 0 Å². The number of carbonyl (C=O) groups is 1. The molecule has 2 rings (SSSR count). The van der Waals surface area contributed by atoms with Crippen molar-refractivity contribution in [2.75, 3.05) is 13.1 Å². The fraction of sp³-hybridized carbons (Fsp3) is 0.533. The van der Waals surface area contributed by atoms with Crippen LogP contribution in [0.5, 0.6) is 0 Å². The smallest absolute Gasteiger partial charge is 0.307 e. The van der Waals surface area contributed by atoms with Crippen molar-refractivity contribution in [3.63, 3.8) is 0 Å². The van der Waals surface area contributed by atoms with Gasteiger partial charge in [-0.2, -0.15) is 0 Å². The largest absolute Gasteiger partial charge is 0.481 e. The summed E-state index contributed by atoms with van der Waals surface area (Å²) in [5, 5.41) is 9.06. The highest BCUT2D eigenvalue weighted by Gasteiger charge is 2.32. The monoisotopic (exact) mass is 311 g/mol. The minimum absolute atomic E-state index is 0.0690. The molecule has 21 heavy (non-hydrogen) atoms. The number of aryl methyl sites for hydroxylation is 2. The Morgan fingerprint density at radius 3 is 2.67 bits per heavy atom. The van der Waals surface area contributed by atoms with E-state index in [-0.39, 0.29) is 12.3 Å². The summed E-state index contributed by atoms with van der Waals surface area (Å²) in [4.78, 5) is 11.0. The fourth-order valence-corrected chi connectivity index (χ4v) is 4.19. The molecule has 0 radical (unpaired) electrons. The van der Waals surface area contributed by atoms with E-state index in [0.717, 1.165) is 16.7 Å². The summed E-state index contributed by atoms with van der Waals surface area (Å²) in [6.07, 6.45) is 1.15. The number of rotatable bonds is 4. The average molecular weight is 311 g/mol. The number of carboxylic acids is 1. The molecular weight excluding hydrogens is 290 g/mol. The molecule has 1 heterocycles. The van der Waals surface area contributed by atoms with Crippen LogP contribution in [0.3, 0.4) is 0 Å². The van der Waals surface area contributed by atoms with Gasteiger partial charge >= 0.3 is 5.97 Å². The number of hydrogen-bond donors (Lipinski definition) is 1. The summed E-state index contributed by atoms with van der Waals surface area (Å²) in [6.45, 7) is 4.43. The summed E-state index contributed by atoms with van der Waals surface area (Å²) in [5.74, 6) is -1.57. The molecular formula is C15H21NO4S. The van der Waals surface area contributed by atoms with Gasteiger partial charge < -0.3 is 5.11 Å². The van der Waals surface area contributed by atoms with Crippen molar-refractivity contribution in [2.45, 2.75) is 32.4 Å². The third-order valence-corrected chi connectivity index (χ3v) is 5.86. The Bertz CT molecular complexity index is 639. The Morgan fingerprint density at radius 1 is 1.33 bits per heavy atom. The second kappa shape index (κ2) is 6.15. The topological polar surface area (TPSA) is 74.7 Å². The van der Waals surface area contributed by atoms with Crippen LogP contribution in [0.4, 0.5) is 0 Å². The van der Waals surface area contributed by atoms with Crippen LogP contribution in [-0.2, 0) is 20.6 Å². The van der Waals surface area contributed by atoms with E-state index in [0.29, 0.717) is 19.4 Å². The van der Waals surface area contributed by atoms with E-state index in [1.807, 2.05) is 32.0 Å². The molecule has 1 atom stereocenters. The third kappa shape index (κ3) is 3.83. The van der Waals surface area contributed by atoms with Crippen LogP contribution in [0.25, 0.3) is 0 Å². The van der Waals surface area contributed by atoms with Crippen molar-refractivity contribution in [2.24, 2.45) is 5.92 Å². The number of nitrogens with zero attached hydrogens (tertiary/aromatic N) is 1. The van der Waals surface area contributed by atoms with Gasteiger partial charge in [-0.25, -0.2) is 12.7 Å². The summed E-state index contributed by atoms with van der Waals surface area (Å²) in [5.41, 5.74) is 2.93. The molecule has 0 saturated carbocycles. The molecule has 1 aromatic rings. The Hall–Kier alpha value is -1.40. The maximum atomic E-state index is 12.5. The molecule has 1 unspecified atom stereocenters. The quantitative estimate of drug-likeness (QED) is 0.922. The van der Waals surface area contributed by atoms with Crippen molar-refractivity contribution < 1.29 is 18.3 Å². The maximum Gasteiger partial charge on any atom is 0.307 e. The molecule has 1 N–H and O–H groups in total. The lowest BCUT2D eigenvalue weighted by molar-refractivity contribution is -0.142. The Kier molecular flexibility index (Phi) is 4.68. The highest BCUT2D eigenvalue weighted by molar-refractivity contribution is 7.88. The first-order valence-electron chi connectivity index (χ1n) is 7.06. The van der Waals surface area contributed by atoms with Crippen LogP contribution in [0.15, 0.2) is 18.2 Å². The lowest BCUT2D eigenvalue weighted by atomic mass is 10.0. The molecule has 0 amide bonds. The van der Waals surface area contributed by atoms with Gasteiger partial charge in [-0.1, -0.05) is 18.2 Å². The molecule has 6 heteroatoms. The summed E-state index contributed by atoms with van der Waals surface area (Å²) in [7, 11) is -3.46. The number of sulfonamides is 1. The van der Waals surface area contributed by atoms with Gasteiger partial charge in [0.2, 0.25) is 10.0 Å². The fourth-order valence-electron chi connectivity index (χ4n) is 2.59. The zero-order valence-corrected chi connectivity index (χ0v) is 13.2. The second-order valence-electron chi connectivity index (χ2n) is 5.71. The molecule has 0 aromatic heterocycles. The van der Waals surface area contributed by atoms with Gasteiger partial charge in [-0.3, -0.25) is 4.79 Å². The Balaban J connectivity index is 2.14. The van der Waals surface area contributed by atoms with Crippen molar-refractivity contribution >= 4 is 16.0 Å². The first-order valence-corrected chi connectivity index (χ1v) is 8.67. The molecule has 5 nitrogen and oxygen atoms in total. The van der Waals surface area contributed by atoms with Crippen LogP contribution >= 0.6 is 0 Å². The van der Waals surface area contributed by atoms with Gasteiger partial charge in [0.1, 0.15) is 0 Å². The van der Waals surface area contributed by atoms with Crippen LogP contribution < -0.4 is 0 Å². The third-order valence-electron chi connectivity index (χ3n) is 4.05. The molecule has 1 aliphatic rings. The molecule has 0 spiro atoms. The molecule has 1 saturated heterocycles. The van der Waals surface area contributed by atoms with Gasteiger partial charge in [0.25, 0.3) is 0 Å². The lowest BCUT2D eigenvalue weighted by Crippen LogP contribution is -2.42. The first kappa shape index (κ1) is 16.0. The predicted molar refractivity (Wildman–Crippen MR) is 80.5 cm³/mol. The highest BCUT2D eigenvalue weighted by atomic mass is 32.2. The predicted octanol–water partition coefficient (Wildman–Crippen LogP) is 1.93. The standard InChI is InChI=1S/C15H21NO4S/c1-11-5-6-13(8-12(11)2)10-21(19,20)16-7-3-4-14(9-16)15(17)18/h5-6,8,14H,3-4,7,9-10H2,1-2H3,(H,17,18). The van der Waals surface area contributed by atoms with E-state index in [9.17, 15) is 13.2 Å². The maximum absolute atomic E-state index is 12.5. The molecule has 116 valence electrons. The molecule has 1 aliphatic heterocycles. The molecule has 0 bridgehead atoms. The van der Waals surface area contributed by atoms with Crippen molar-refractivity contribution in [3.05, 3.63) is 34.9 Å². The zero-order valence-electron chi connectivity index (χ0n) is 12.4. The number of benzene rings is 1. The van der Waals surface area contributed by atoms with E-state index < -0.39 is 21.9 Å². The average Bonchev–Trinajstić information content (AvgIpc) is 2.43. The normalized spacial score (nSPS) is 20.4. The highest BCUT2D eigenvalue weighted by Crippen LogP contribution is 2.22. The van der Waals surface area contributed by atoms with Crippen LogP contribution in [0, 0.1) is 19.8 Å². The van der Waals surface area contributed by atoms with Crippen molar-refractivity contribution in [1.29, 1.82) is 0 Å². The summed E-state index contributed by atoms with van der Waals surface area (Å²) in [6, 6.07) is 5.61. The first-order chi connectivity index (χ1) is 9.79. The molecule has 0 aliphatic carbocycles. The minimum Gasteiger partial charge on any atom is -0.481 e. The number of aliphatic carboxylic acids is 1. The van der Waals surface area contributed by atoms with Gasteiger partial charge in [-0.15, -0.1) is 0 Å². The SMILES string of the molecule is Cc1ccc(CS(=O)(=O)N2CCCC(C(=O)O)C2)cc1C. The van der Waals surface area contributed by atoms with Gasteiger partial charge in [-0.05, 0) is 43.4 Å². The minimum atomic E-state index is -3.46. The van der Waals surface area contributed by atoms with E-state index in [1.54, 1.807) is 0 Å². The Labute approximate surface area is 125 Å². The van der Waals surface area contributed by atoms with E-state index in [2.05, 4.69) is 0 Å². The Morgan fingerprint density at radius 2 is 2.05 bits per heavy atom. The molecule has 1 fully saturated rings. The van der Waals surface area contributed by atoms with Gasteiger partial charge in [0.15, 0.2) is 0 Å². The number of piperidine rings is 1.